The molecule has 4 rings (SSSR count). The summed E-state index contributed by atoms with van der Waals surface area (Å²) in [5, 5.41) is 7.01. The van der Waals surface area contributed by atoms with E-state index in [0.717, 1.165) is 39.0 Å². The third kappa shape index (κ3) is 3.11. The molecule has 0 bridgehead atoms. The smallest absolute Gasteiger partial charge is 0.269 e. The molecule has 3 aliphatic heterocycles. The number of oxime groups is 1. The third-order valence-corrected chi connectivity index (χ3v) is 5.05. The van der Waals surface area contributed by atoms with Crippen molar-refractivity contribution in [2.45, 2.75) is 37.4 Å². The Hall–Kier alpha value is -2.08. The van der Waals surface area contributed by atoms with Crippen molar-refractivity contribution in [3.05, 3.63) is 30.3 Å². The second kappa shape index (κ2) is 6.43. The second-order valence-electron chi connectivity index (χ2n) is 6.84. The van der Waals surface area contributed by atoms with Crippen LogP contribution < -0.4 is 10.2 Å². The molecule has 128 valence electrons. The lowest BCUT2D eigenvalue weighted by Gasteiger charge is -2.22. The minimum absolute atomic E-state index is 0.125. The van der Waals surface area contributed by atoms with Crippen LogP contribution in [0.25, 0.3) is 0 Å². The van der Waals surface area contributed by atoms with Crippen LogP contribution in [0, 0.1) is 0 Å². The molecule has 3 aliphatic rings. The van der Waals surface area contributed by atoms with E-state index < -0.39 is 0 Å². The number of para-hydroxylation sites is 1. The van der Waals surface area contributed by atoms with Crippen LogP contribution in [0.5, 0.6) is 0 Å². The molecule has 2 unspecified atom stereocenters. The van der Waals surface area contributed by atoms with Crippen molar-refractivity contribution in [1.82, 2.24) is 5.32 Å². The second-order valence-corrected chi connectivity index (χ2v) is 6.84. The van der Waals surface area contributed by atoms with Crippen molar-refractivity contribution in [3.8, 4) is 0 Å². The number of carbonyl (C=O) groups is 1. The Balaban J connectivity index is 1.31. The zero-order valence-corrected chi connectivity index (χ0v) is 13.7. The highest BCUT2D eigenvalue weighted by molar-refractivity contribution is 6.39. The SMILES string of the molecule is O=C(NCC1CCCO1)C1=NOC2(CCN(c3ccccc3)C2)C1. The Kier molecular flexibility index (Phi) is 4.14. The summed E-state index contributed by atoms with van der Waals surface area (Å²) in [6.07, 6.45) is 3.69. The number of amides is 1. The Bertz CT molecular complexity index is 628. The van der Waals surface area contributed by atoms with E-state index in [1.165, 1.54) is 5.69 Å². The molecule has 2 saturated heterocycles. The highest BCUT2D eigenvalue weighted by Crippen LogP contribution is 2.36. The predicted octanol–water partition coefficient (Wildman–Crippen LogP) is 1.71. The van der Waals surface area contributed by atoms with Crippen LogP contribution in [0.15, 0.2) is 35.5 Å². The third-order valence-electron chi connectivity index (χ3n) is 5.05. The first-order valence-electron chi connectivity index (χ1n) is 8.69. The van der Waals surface area contributed by atoms with Gasteiger partial charge in [-0.1, -0.05) is 23.4 Å². The van der Waals surface area contributed by atoms with Crippen molar-refractivity contribution < 1.29 is 14.4 Å². The van der Waals surface area contributed by atoms with Crippen LogP contribution in [-0.4, -0.2) is 49.6 Å². The van der Waals surface area contributed by atoms with Crippen molar-refractivity contribution in [1.29, 1.82) is 0 Å². The monoisotopic (exact) mass is 329 g/mol. The van der Waals surface area contributed by atoms with Gasteiger partial charge in [-0.05, 0) is 25.0 Å². The summed E-state index contributed by atoms with van der Waals surface area (Å²) in [6, 6.07) is 10.3. The highest BCUT2D eigenvalue weighted by atomic mass is 16.7. The number of hydrogen-bond donors (Lipinski definition) is 1. The Morgan fingerprint density at radius 1 is 1.38 bits per heavy atom. The molecule has 1 amide bonds. The first-order valence-corrected chi connectivity index (χ1v) is 8.69. The number of hydrogen-bond acceptors (Lipinski definition) is 5. The first-order chi connectivity index (χ1) is 11.7. The van der Waals surface area contributed by atoms with Gasteiger partial charge >= 0.3 is 0 Å². The summed E-state index contributed by atoms with van der Waals surface area (Å²) in [5.74, 6) is -0.125. The average Bonchev–Trinajstić information content (AvgIpc) is 3.36. The fourth-order valence-electron chi connectivity index (χ4n) is 3.68. The van der Waals surface area contributed by atoms with Gasteiger partial charge in [0.15, 0.2) is 5.60 Å². The minimum Gasteiger partial charge on any atom is -0.386 e. The minimum atomic E-state index is -0.355. The summed E-state index contributed by atoms with van der Waals surface area (Å²) >= 11 is 0. The molecular weight excluding hydrogens is 306 g/mol. The van der Waals surface area contributed by atoms with Gasteiger partial charge in [-0.3, -0.25) is 4.79 Å². The molecule has 1 aromatic rings. The summed E-state index contributed by atoms with van der Waals surface area (Å²) in [7, 11) is 0. The Morgan fingerprint density at radius 3 is 3.04 bits per heavy atom. The fraction of sp³-hybridized carbons (Fsp3) is 0.556. The molecule has 24 heavy (non-hydrogen) atoms. The maximum Gasteiger partial charge on any atom is 0.269 e. The van der Waals surface area contributed by atoms with Crippen molar-refractivity contribution in [2.24, 2.45) is 5.16 Å². The van der Waals surface area contributed by atoms with Crippen molar-refractivity contribution in [3.63, 3.8) is 0 Å². The number of ether oxygens (including phenoxy) is 1. The number of carbonyl (C=O) groups excluding carboxylic acids is 1. The van der Waals surface area contributed by atoms with Gasteiger partial charge in [-0.25, -0.2) is 0 Å². The van der Waals surface area contributed by atoms with Gasteiger partial charge in [-0.15, -0.1) is 0 Å². The molecular formula is C18H23N3O3. The Morgan fingerprint density at radius 2 is 2.25 bits per heavy atom. The van der Waals surface area contributed by atoms with E-state index in [1.54, 1.807) is 0 Å². The van der Waals surface area contributed by atoms with Crippen molar-refractivity contribution >= 4 is 17.3 Å². The summed E-state index contributed by atoms with van der Waals surface area (Å²) in [4.78, 5) is 20.3. The number of benzene rings is 1. The fourth-order valence-corrected chi connectivity index (χ4v) is 3.68. The van der Waals surface area contributed by atoms with Crippen LogP contribution >= 0.6 is 0 Å². The Labute approximate surface area is 141 Å². The topological polar surface area (TPSA) is 63.2 Å². The van der Waals surface area contributed by atoms with Gasteiger partial charge < -0.3 is 19.8 Å². The van der Waals surface area contributed by atoms with Gasteiger partial charge in [0.25, 0.3) is 5.91 Å². The molecule has 0 aliphatic carbocycles. The molecule has 6 heteroatoms. The van der Waals surface area contributed by atoms with Crippen LogP contribution in [-0.2, 0) is 14.4 Å². The molecule has 1 aromatic carbocycles. The normalized spacial score (nSPS) is 28.9. The lowest BCUT2D eigenvalue weighted by Crippen LogP contribution is -2.39. The van der Waals surface area contributed by atoms with E-state index in [9.17, 15) is 4.79 Å². The average molecular weight is 329 g/mol. The van der Waals surface area contributed by atoms with E-state index in [-0.39, 0.29) is 17.6 Å². The maximum absolute atomic E-state index is 12.3. The van der Waals surface area contributed by atoms with Crippen LogP contribution in [0.4, 0.5) is 5.69 Å². The largest absolute Gasteiger partial charge is 0.386 e. The standard InChI is InChI=1S/C18H23N3O3/c22-17(19-12-15-7-4-10-23-15)16-11-18(24-20-16)8-9-21(13-18)14-5-2-1-3-6-14/h1-3,5-6,15H,4,7-13H2,(H,19,22). The molecule has 0 saturated carbocycles. The van der Waals surface area contributed by atoms with E-state index >= 15 is 0 Å². The maximum atomic E-state index is 12.3. The van der Waals surface area contributed by atoms with Crippen LogP contribution in [0.2, 0.25) is 0 Å². The first kappa shape index (κ1) is 15.4. The molecule has 6 nitrogen and oxygen atoms in total. The number of anilines is 1. The summed E-state index contributed by atoms with van der Waals surface area (Å²) < 4.78 is 5.53. The highest BCUT2D eigenvalue weighted by Gasteiger charge is 2.46. The van der Waals surface area contributed by atoms with Gasteiger partial charge in [0.2, 0.25) is 0 Å². The van der Waals surface area contributed by atoms with Crippen LogP contribution in [0.1, 0.15) is 25.7 Å². The zero-order chi connectivity index (χ0) is 16.4. The summed E-state index contributed by atoms with van der Waals surface area (Å²) in [6.45, 7) is 3.04. The molecule has 0 radical (unpaired) electrons. The number of nitrogens with one attached hydrogen (secondary N) is 1. The zero-order valence-electron chi connectivity index (χ0n) is 13.7. The molecule has 0 aromatic heterocycles. The summed E-state index contributed by atoms with van der Waals surface area (Å²) in [5.41, 5.74) is 1.34. The van der Waals surface area contributed by atoms with E-state index in [4.69, 9.17) is 9.57 Å². The van der Waals surface area contributed by atoms with Gasteiger partial charge in [0.05, 0.1) is 12.6 Å². The molecule has 1 spiro atoms. The van der Waals surface area contributed by atoms with Gasteiger partial charge in [-0.2, -0.15) is 0 Å². The molecule has 1 N–H and O–H groups in total. The van der Waals surface area contributed by atoms with Crippen molar-refractivity contribution in [2.75, 3.05) is 31.1 Å². The quantitative estimate of drug-likeness (QED) is 0.913. The van der Waals surface area contributed by atoms with Crippen LogP contribution in [0.3, 0.4) is 0 Å². The lowest BCUT2D eigenvalue weighted by molar-refractivity contribution is -0.115. The van der Waals surface area contributed by atoms with E-state index in [1.807, 2.05) is 18.2 Å². The number of rotatable bonds is 4. The predicted molar refractivity (Wildman–Crippen MR) is 91.1 cm³/mol. The lowest BCUT2D eigenvalue weighted by atomic mass is 9.96. The molecule has 2 atom stereocenters. The van der Waals surface area contributed by atoms with E-state index in [0.29, 0.717) is 18.7 Å². The van der Waals surface area contributed by atoms with Gasteiger partial charge in [0, 0.05) is 38.2 Å². The van der Waals surface area contributed by atoms with E-state index in [2.05, 4.69) is 27.5 Å². The molecule has 2 fully saturated rings. The molecule has 3 heterocycles. The number of nitrogens with zero attached hydrogens (tertiary/aromatic N) is 2. The van der Waals surface area contributed by atoms with Gasteiger partial charge in [0.1, 0.15) is 5.71 Å².